The zero-order valence-electron chi connectivity index (χ0n) is 31.7. The molecule has 0 aromatic heterocycles. The van der Waals surface area contributed by atoms with E-state index in [1.54, 1.807) is 0 Å². The summed E-state index contributed by atoms with van der Waals surface area (Å²) in [5.41, 5.74) is 0. The topological polar surface area (TPSA) is 78.9 Å². The Kier molecular flexibility index (Phi) is 35.7. The van der Waals surface area contributed by atoms with Gasteiger partial charge in [0.05, 0.1) is 0 Å². The summed E-state index contributed by atoms with van der Waals surface area (Å²) in [7, 11) is 0. The van der Waals surface area contributed by atoms with E-state index in [2.05, 4.69) is 69.4 Å². The number of carbonyl (C=O) groups is 3. The van der Waals surface area contributed by atoms with Gasteiger partial charge < -0.3 is 14.2 Å². The number of allylic oxidation sites excluding steroid dienone is 10. The highest BCUT2D eigenvalue weighted by Crippen LogP contribution is 2.11. The first-order valence-electron chi connectivity index (χ1n) is 19.8. The second-order valence-corrected chi connectivity index (χ2v) is 12.8. The van der Waals surface area contributed by atoms with Gasteiger partial charge in [0, 0.05) is 19.3 Å². The molecule has 0 aromatic carbocycles. The summed E-state index contributed by atoms with van der Waals surface area (Å²) < 4.78 is 16.4. The monoisotopic (exact) mass is 685 g/mol. The zero-order chi connectivity index (χ0) is 35.9. The zero-order valence-corrected chi connectivity index (χ0v) is 31.7. The first kappa shape index (κ1) is 46.1. The third kappa shape index (κ3) is 36.2. The predicted octanol–water partition coefficient (Wildman–Crippen LogP) is 12.2. The highest BCUT2D eigenvalue weighted by Gasteiger charge is 2.19. The van der Waals surface area contributed by atoms with Gasteiger partial charge in [0.15, 0.2) is 6.10 Å². The Hall–Kier alpha value is -2.89. The molecule has 6 nitrogen and oxygen atoms in total. The van der Waals surface area contributed by atoms with E-state index in [9.17, 15) is 14.4 Å². The van der Waals surface area contributed by atoms with Crippen LogP contribution in [0.25, 0.3) is 0 Å². The van der Waals surface area contributed by atoms with Gasteiger partial charge in [-0.05, 0) is 70.6 Å². The van der Waals surface area contributed by atoms with E-state index >= 15 is 0 Å². The van der Waals surface area contributed by atoms with Crippen LogP contribution in [-0.2, 0) is 28.6 Å². The van der Waals surface area contributed by atoms with Crippen molar-refractivity contribution in [2.45, 2.75) is 181 Å². The van der Waals surface area contributed by atoms with E-state index < -0.39 is 6.10 Å². The van der Waals surface area contributed by atoms with Crippen LogP contribution in [0.3, 0.4) is 0 Å². The second kappa shape index (κ2) is 37.9. The maximum absolute atomic E-state index is 12.6. The third-order valence-electron chi connectivity index (χ3n) is 8.02. The molecule has 0 aliphatic heterocycles. The lowest BCUT2D eigenvalue weighted by atomic mass is 10.1. The molecule has 0 saturated carbocycles. The van der Waals surface area contributed by atoms with Crippen LogP contribution in [0.4, 0.5) is 0 Å². The number of carbonyl (C=O) groups excluding carboxylic acids is 3. The summed E-state index contributed by atoms with van der Waals surface area (Å²) >= 11 is 0. The van der Waals surface area contributed by atoms with Crippen LogP contribution in [0.1, 0.15) is 175 Å². The molecule has 0 aromatic rings. The van der Waals surface area contributed by atoms with E-state index in [4.69, 9.17) is 14.2 Å². The Bertz CT molecular complexity index is 929. The minimum Gasteiger partial charge on any atom is -0.462 e. The van der Waals surface area contributed by atoms with Gasteiger partial charge in [-0.2, -0.15) is 0 Å². The highest BCUT2D eigenvalue weighted by molar-refractivity contribution is 5.71. The summed E-state index contributed by atoms with van der Waals surface area (Å²) in [6.45, 7) is 6.31. The predicted molar refractivity (Wildman–Crippen MR) is 205 cm³/mol. The fourth-order valence-corrected chi connectivity index (χ4v) is 5.04. The third-order valence-corrected chi connectivity index (χ3v) is 8.02. The lowest BCUT2D eigenvalue weighted by Crippen LogP contribution is -2.30. The van der Waals surface area contributed by atoms with E-state index in [0.717, 1.165) is 89.9 Å². The summed E-state index contributed by atoms with van der Waals surface area (Å²) in [5.74, 6) is -1.02. The molecule has 0 spiro atoms. The number of rotatable bonds is 34. The van der Waals surface area contributed by atoms with Gasteiger partial charge in [-0.3, -0.25) is 14.4 Å². The van der Waals surface area contributed by atoms with Crippen molar-refractivity contribution >= 4 is 17.9 Å². The number of hydrogen-bond donors (Lipinski definition) is 0. The number of hydrogen-bond acceptors (Lipinski definition) is 6. The first-order valence-corrected chi connectivity index (χ1v) is 19.8. The van der Waals surface area contributed by atoms with Crippen LogP contribution in [0, 0.1) is 0 Å². The van der Waals surface area contributed by atoms with Crippen molar-refractivity contribution in [3.63, 3.8) is 0 Å². The van der Waals surface area contributed by atoms with Crippen LogP contribution in [0.15, 0.2) is 60.8 Å². The summed E-state index contributed by atoms with van der Waals surface area (Å²) in [6, 6.07) is 0. The molecule has 0 fully saturated rings. The molecule has 1 unspecified atom stereocenters. The van der Waals surface area contributed by atoms with E-state index in [0.29, 0.717) is 19.3 Å². The molecule has 49 heavy (non-hydrogen) atoms. The van der Waals surface area contributed by atoms with Crippen molar-refractivity contribution in [2.24, 2.45) is 0 Å². The molecule has 6 heteroatoms. The van der Waals surface area contributed by atoms with E-state index in [1.807, 2.05) is 12.2 Å². The molecule has 0 saturated heterocycles. The van der Waals surface area contributed by atoms with Crippen molar-refractivity contribution in [1.29, 1.82) is 0 Å². The van der Waals surface area contributed by atoms with Crippen molar-refractivity contribution in [1.82, 2.24) is 0 Å². The summed E-state index contributed by atoms with van der Waals surface area (Å²) in [4.78, 5) is 37.2. The fourth-order valence-electron chi connectivity index (χ4n) is 5.04. The molecular weight excluding hydrogens is 612 g/mol. The maximum atomic E-state index is 12.6. The smallest absolute Gasteiger partial charge is 0.306 e. The maximum Gasteiger partial charge on any atom is 0.306 e. The van der Waals surface area contributed by atoms with Gasteiger partial charge in [0.1, 0.15) is 13.2 Å². The van der Waals surface area contributed by atoms with Crippen LogP contribution < -0.4 is 0 Å². The summed E-state index contributed by atoms with van der Waals surface area (Å²) in [6.07, 6.45) is 43.9. The minimum absolute atomic E-state index is 0.101. The molecule has 0 N–H and O–H groups in total. The number of ether oxygens (including phenoxy) is 3. The Morgan fingerprint density at radius 1 is 0.429 bits per heavy atom. The Morgan fingerprint density at radius 2 is 0.837 bits per heavy atom. The second-order valence-electron chi connectivity index (χ2n) is 12.8. The van der Waals surface area contributed by atoms with Gasteiger partial charge in [0.25, 0.3) is 0 Å². The van der Waals surface area contributed by atoms with Crippen LogP contribution in [0.2, 0.25) is 0 Å². The van der Waals surface area contributed by atoms with Gasteiger partial charge in [-0.25, -0.2) is 0 Å². The van der Waals surface area contributed by atoms with Crippen LogP contribution >= 0.6 is 0 Å². The minimum atomic E-state index is -0.799. The molecular formula is C43H72O6. The van der Waals surface area contributed by atoms with E-state index in [-0.39, 0.29) is 37.5 Å². The largest absolute Gasteiger partial charge is 0.462 e. The van der Waals surface area contributed by atoms with Gasteiger partial charge in [-0.1, -0.05) is 146 Å². The molecule has 0 heterocycles. The van der Waals surface area contributed by atoms with Gasteiger partial charge in [-0.15, -0.1) is 0 Å². The van der Waals surface area contributed by atoms with Crippen molar-refractivity contribution < 1.29 is 28.6 Å². The molecule has 0 bridgehead atoms. The van der Waals surface area contributed by atoms with Gasteiger partial charge >= 0.3 is 17.9 Å². The van der Waals surface area contributed by atoms with Crippen molar-refractivity contribution in [3.8, 4) is 0 Å². The Balaban J connectivity index is 4.42. The normalized spacial score (nSPS) is 12.6. The molecule has 1 atom stereocenters. The average Bonchev–Trinajstić information content (AvgIpc) is 3.09. The molecule has 0 rings (SSSR count). The quantitative estimate of drug-likeness (QED) is 0.0290. The standard InChI is InChI=1S/C43H72O6/c1-4-7-10-13-15-17-19-21-23-25-27-30-33-36-42(45)48-39-40(38-47-41(44)35-32-29-12-9-6-3)49-43(46)37-34-31-28-26-24-22-20-18-16-14-11-8-5-2/h7,10,15,17-18,20-21,23,27,30,40H,4-6,8-9,11-14,16,19,22,24-26,28-29,31-39H2,1-3H3/b10-7-,17-15-,20-18-,23-21-,30-27-. The van der Waals surface area contributed by atoms with Crippen molar-refractivity contribution in [2.75, 3.05) is 13.2 Å². The van der Waals surface area contributed by atoms with Crippen LogP contribution in [-0.4, -0.2) is 37.2 Å². The fraction of sp³-hybridized carbons (Fsp3) is 0.698. The lowest BCUT2D eigenvalue weighted by Gasteiger charge is -2.18. The lowest BCUT2D eigenvalue weighted by molar-refractivity contribution is -0.166. The highest BCUT2D eigenvalue weighted by atomic mass is 16.6. The molecule has 0 aliphatic rings. The molecule has 0 aliphatic carbocycles. The summed E-state index contributed by atoms with van der Waals surface area (Å²) in [5, 5.41) is 0. The first-order chi connectivity index (χ1) is 24.0. The van der Waals surface area contributed by atoms with E-state index in [1.165, 1.54) is 38.5 Å². The number of esters is 3. The van der Waals surface area contributed by atoms with Crippen LogP contribution in [0.5, 0.6) is 0 Å². The average molecular weight is 685 g/mol. The number of unbranched alkanes of at least 4 members (excludes halogenated alkanes) is 13. The molecule has 0 radical (unpaired) electrons. The molecule has 280 valence electrons. The Labute approximate surface area is 300 Å². The Morgan fingerprint density at radius 3 is 1.39 bits per heavy atom. The molecule has 0 amide bonds. The van der Waals surface area contributed by atoms with Gasteiger partial charge in [0.2, 0.25) is 0 Å². The SMILES string of the molecule is CC/C=C\C/C=C\C/C=C\C/C=C\CCC(=O)OCC(COC(=O)CCCCCCC)OC(=O)CCCCCCC/C=C\CCCCCC. The van der Waals surface area contributed by atoms with Crippen molar-refractivity contribution in [3.05, 3.63) is 60.8 Å².